The molecule has 134 valence electrons. The number of benzene rings is 1. The average molecular weight is 344 g/mol. The van der Waals surface area contributed by atoms with Crippen LogP contribution in [-0.2, 0) is 4.79 Å². The van der Waals surface area contributed by atoms with Gasteiger partial charge < -0.3 is 5.73 Å². The smallest absolute Gasteiger partial charge is 0.246 e. The molecule has 1 amide bonds. The van der Waals surface area contributed by atoms with E-state index >= 15 is 0 Å². The molecule has 0 saturated heterocycles. The fraction of sp³-hybridized carbons (Fsp3) is 0.474. The molecule has 0 aliphatic carbocycles. The van der Waals surface area contributed by atoms with Gasteiger partial charge >= 0.3 is 0 Å². The summed E-state index contributed by atoms with van der Waals surface area (Å²) in [7, 11) is 0. The molecular formula is C19H25FN4O. The number of anilines is 1. The zero-order valence-corrected chi connectivity index (χ0v) is 15.2. The number of rotatable bonds is 4. The van der Waals surface area contributed by atoms with Crippen molar-refractivity contribution >= 4 is 11.7 Å². The van der Waals surface area contributed by atoms with E-state index in [1.807, 2.05) is 18.5 Å². The van der Waals surface area contributed by atoms with Gasteiger partial charge in [-0.25, -0.2) is 9.07 Å². The predicted octanol–water partition coefficient (Wildman–Crippen LogP) is 3.13. The fourth-order valence-corrected chi connectivity index (χ4v) is 3.62. The quantitative estimate of drug-likeness (QED) is 0.927. The van der Waals surface area contributed by atoms with Crippen molar-refractivity contribution in [1.82, 2.24) is 9.78 Å². The van der Waals surface area contributed by atoms with Gasteiger partial charge in [0, 0.05) is 18.0 Å². The molecule has 5 nitrogen and oxygen atoms in total. The van der Waals surface area contributed by atoms with Crippen molar-refractivity contribution in [2.75, 3.05) is 11.4 Å². The topological polar surface area (TPSA) is 64.2 Å². The van der Waals surface area contributed by atoms with E-state index in [9.17, 15) is 9.18 Å². The van der Waals surface area contributed by atoms with E-state index in [2.05, 4.69) is 13.8 Å². The van der Waals surface area contributed by atoms with E-state index in [0.717, 1.165) is 29.1 Å². The summed E-state index contributed by atoms with van der Waals surface area (Å²) in [4.78, 5) is 14.7. The minimum atomic E-state index is -0.703. The van der Waals surface area contributed by atoms with Crippen LogP contribution >= 0.6 is 0 Å². The highest BCUT2D eigenvalue weighted by Crippen LogP contribution is 2.42. The van der Waals surface area contributed by atoms with Crippen LogP contribution in [0.4, 0.5) is 10.2 Å². The van der Waals surface area contributed by atoms with Crippen molar-refractivity contribution < 1.29 is 9.18 Å². The first-order chi connectivity index (χ1) is 11.9. The summed E-state index contributed by atoms with van der Waals surface area (Å²) in [6, 6.07) is 5.70. The molecular weight excluding hydrogens is 319 g/mol. The monoisotopic (exact) mass is 344 g/mol. The third-order valence-electron chi connectivity index (χ3n) is 5.14. The number of nitrogens with zero attached hydrogens (tertiary/aromatic N) is 3. The number of aryl methyl sites for hydroxylation is 1. The first-order valence-electron chi connectivity index (χ1n) is 8.82. The van der Waals surface area contributed by atoms with Crippen LogP contribution in [0.1, 0.15) is 56.0 Å². The second-order valence-electron chi connectivity index (χ2n) is 6.66. The van der Waals surface area contributed by atoms with E-state index < -0.39 is 6.04 Å². The van der Waals surface area contributed by atoms with E-state index in [4.69, 9.17) is 10.8 Å². The van der Waals surface area contributed by atoms with Gasteiger partial charge in [-0.1, -0.05) is 19.1 Å². The van der Waals surface area contributed by atoms with Crippen LogP contribution in [0, 0.1) is 12.7 Å². The molecule has 0 bridgehead atoms. The number of amides is 1. The summed E-state index contributed by atoms with van der Waals surface area (Å²) >= 11 is 0. The first-order valence-corrected chi connectivity index (χ1v) is 8.82. The Bertz CT molecular complexity index is 783. The van der Waals surface area contributed by atoms with Crippen molar-refractivity contribution in [3.63, 3.8) is 0 Å². The summed E-state index contributed by atoms with van der Waals surface area (Å²) in [6.07, 6.45) is 0.909. The van der Waals surface area contributed by atoms with Crippen molar-refractivity contribution in [3.8, 4) is 0 Å². The lowest BCUT2D eigenvalue weighted by Gasteiger charge is -2.37. The number of hydrogen-bond donors (Lipinski definition) is 1. The van der Waals surface area contributed by atoms with Gasteiger partial charge in [-0.3, -0.25) is 9.69 Å². The van der Waals surface area contributed by atoms with Crippen molar-refractivity contribution in [2.24, 2.45) is 5.73 Å². The molecule has 0 saturated carbocycles. The van der Waals surface area contributed by atoms with E-state index in [1.165, 1.54) is 12.1 Å². The SMILES string of the molecule is CCC(C)n1nc(C)c2c1N(CC)C(=O)[C@@H](N)[C@H]2c1ccc(F)cc1. The number of carbonyl (C=O) groups is 1. The highest BCUT2D eigenvalue weighted by atomic mass is 19.1. The van der Waals surface area contributed by atoms with Crippen molar-refractivity contribution in [2.45, 2.75) is 52.1 Å². The van der Waals surface area contributed by atoms with E-state index in [0.29, 0.717) is 6.54 Å². The van der Waals surface area contributed by atoms with Gasteiger partial charge in [0.2, 0.25) is 5.91 Å². The Balaban J connectivity index is 2.24. The van der Waals surface area contributed by atoms with E-state index in [1.54, 1.807) is 17.0 Å². The van der Waals surface area contributed by atoms with Crippen molar-refractivity contribution in [1.29, 1.82) is 0 Å². The Morgan fingerprint density at radius 2 is 1.92 bits per heavy atom. The maximum absolute atomic E-state index is 13.4. The van der Waals surface area contributed by atoms with Crippen molar-refractivity contribution in [3.05, 3.63) is 46.9 Å². The summed E-state index contributed by atoms with van der Waals surface area (Å²) in [5, 5.41) is 4.72. The number of halogens is 1. The second kappa shape index (κ2) is 6.59. The molecule has 1 aliphatic heterocycles. The van der Waals surface area contributed by atoms with Crippen LogP contribution in [0.25, 0.3) is 0 Å². The molecule has 1 aromatic heterocycles. The summed E-state index contributed by atoms with van der Waals surface area (Å²) in [5.74, 6) is 0.0924. The lowest BCUT2D eigenvalue weighted by molar-refractivity contribution is -0.120. The zero-order valence-electron chi connectivity index (χ0n) is 15.2. The summed E-state index contributed by atoms with van der Waals surface area (Å²) in [5.41, 5.74) is 9.02. The highest BCUT2D eigenvalue weighted by molar-refractivity contribution is 6.01. The minimum absolute atomic E-state index is 0.117. The Labute approximate surface area is 147 Å². The van der Waals surface area contributed by atoms with Crippen LogP contribution in [0.15, 0.2) is 24.3 Å². The van der Waals surface area contributed by atoms with Crippen LogP contribution < -0.4 is 10.6 Å². The lowest BCUT2D eigenvalue weighted by atomic mass is 9.81. The van der Waals surface area contributed by atoms with Gasteiger partial charge in [0.1, 0.15) is 11.6 Å². The molecule has 2 N–H and O–H groups in total. The van der Waals surface area contributed by atoms with Gasteiger partial charge in [-0.05, 0) is 44.9 Å². The number of carbonyl (C=O) groups excluding carboxylic acids is 1. The van der Waals surface area contributed by atoms with Gasteiger partial charge in [0.05, 0.1) is 17.8 Å². The Kier molecular flexibility index (Phi) is 4.64. The van der Waals surface area contributed by atoms with Gasteiger partial charge in [0.15, 0.2) is 0 Å². The number of aromatic nitrogens is 2. The van der Waals surface area contributed by atoms with Gasteiger partial charge in [-0.2, -0.15) is 5.10 Å². The molecule has 1 aromatic carbocycles. The molecule has 1 aliphatic rings. The molecule has 0 radical (unpaired) electrons. The third kappa shape index (κ3) is 2.74. The summed E-state index contributed by atoms with van der Waals surface area (Å²) < 4.78 is 15.3. The maximum Gasteiger partial charge on any atom is 0.246 e. The first kappa shape index (κ1) is 17.6. The number of fused-ring (bicyclic) bond motifs is 1. The van der Waals surface area contributed by atoms with E-state index in [-0.39, 0.29) is 23.7 Å². The minimum Gasteiger partial charge on any atom is -0.319 e. The van der Waals surface area contributed by atoms with Crippen LogP contribution in [0.2, 0.25) is 0 Å². The standard InChI is InChI=1S/C19H25FN4O/c1-5-11(3)24-18-15(12(4)22-24)16(13-7-9-14(20)10-8-13)17(21)19(25)23(18)6-2/h7-11,16-17H,5-6,21H2,1-4H3/t11?,16-,17-/m0/s1. The lowest BCUT2D eigenvalue weighted by Crippen LogP contribution is -2.52. The second-order valence-corrected chi connectivity index (χ2v) is 6.66. The number of nitrogens with two attached hydrogens (primary N) is 1. The number of hydrogen-bond acceptors (Lipinski definition) is 3. The molecule has 2 aromatic rings. The zero-order chi connectivity index (χ0) is 18.3. The molecule has 2 heterocycles. The molecule has 3 atom stereocenters. The summed E-state index contributed by atoms with van der Waals surface area (Å²) in [6.45, 7) is 8.61. The molecule has 1 unspecified atom stereocenters. The van der Waals surface area contributed by atoms with Crippen LogP contribution in [0.3, 0.4) is 0 Å². The Morgan fingerprint density at radius 1 is 1.28 bits per heavy atom. The third-order valence-corrected chi connectivity index (χ3v) is 5.14. The number of likely N-dealkylation sites (N-methyl/N-ethyl adjacent to an activating group) is 1. The van der Waals surface area contributed by atoms with Gasteiger partial charge in [-0.15, -0.1) is 0 Å². The van der Waals surface area contributed by atoms with Crippen LogP contribution in [0.5, 0.6) is 0 Å². The Hall–Kier alpha value is -2.21. The normalized spacial score (nSPS) is 21.4. The molecule has 6 heteroatoms. The molecule has 25 heavy (non-hydrogen) atoms. The molecule has 0 spiro atoms. The van der Waals surface area contributed by atoms with Crippen LogP contribution in [-0.4, -0.2) is 28.3 Å². The largest absolute Gasteiger partial charge is 0.319 e. The Morgan fingerprint density at radius 3 is 2.48 bits per heavy atom. The molecule has 0 fully saturated rings. The predicted molar refractivity (Wildman–Crippen MR) is 96.2 cm³/mol. The van der Waals surface area contributed by atoms with Gasteiger partial charge in [0.25, 0.3) is 0 Å². The fourth-order valence-electron chi connectivity index (χ4n) is 3.62. The highest BCUT2D eigenvalue weighted by Gasteiger charge is 2.42. The molecule has 3 rings (SSSR count). The maximum atomic E-state index is 13.4. The average Bonchev–Trinajstić information content (AvgIpc) is 2.94.